The van der Waals surface area contributed by atoms with E-state index in [0.717, 1.165) is 26.1 Å². The third kappa shape index (κ3) is 1.60. The van der Waals surface area contributed by atoms with Gasteiger partial charge in [0, 0.05) is 12.0 Å². The van der Waals surface area contributed by atoms with Gasteiger partial charge in [0.2, 0.25) is 0 Å². The van der Waals surface area contributed by atoms with Crippen LogP contribution in [0.1, 0.15) is 18.1 Å². The Morgan fingerprint density at radius 1 is 1.31 bits per heavy atom. The fraction of sp³-hybridized carbons (Fsp3) is 0.455. The van der Waals surface area contributed by atoms with Crippen molar-refractivity contribution in [1.82, 2.24) is 0 Å². The first-order valence-corrected chi connectivity index (χ1v) is 4.95. The van der Waals surface area contributed by atoms with Crippen LogP contribution in [-0.4, -0.2) is 17.7 Å². The van der Waals surface area contributed by atoms with E-state index in [2.05, 4.69) is 31.2 Å². The highest BCUT2D eigenvalue weighted by Gasteiger charge is 2.27. The number of rotatable bonds is 1. The Hall–Kier alpha value is -0.860. The Morgan fingerprint density at radius 3 is 2.69 bits per heavy atom. The lowest BCUT2D eigenvalue weighted by Crippen LogP contribution is -2.56. The van der Waals surface area contributed by atoms with Gasteiger partial charge < -0.3 is 0 Å². The van der Waals surface area contributed by atoms with E-state index in [-0.39, 0.29) is 0 Å². The third-order valence-corrected chi connectivity index (χ3v) is 3.06. The van der Waals surface area contributed by atoms with Gasteiger partial charge in [0.15, 0.2) is 0 Å². The fourth-order valence-electron chi connectivity index (χ4n) is 1.99. The van der Waals surface area contributed by atoms with E-state index in [1.807, 2.05) is 0 Å². The molecular formula is C11H17N2+. The van der Waals surface area contributed by atoms with Crippen molar-refractivity contribution in [2.45, 2.75) is 19.9 Å². The number of nitrogens with two attached hydrogens (primary N) is 1. The van der Waals surface area contributed by atoms with Crippen LogP contribution in [0.2, 0.25) is 0 Å². The standard InChI is InChI=1S/C11H17N2/c1-2-13(12)8-7-10-5-3-4-6-11(10)9-13/h3-6H,2,7-9,12H2,1H3/q+1. The van der Waals surface area contributed by atoms with Gasteiger partial charge in [0.1, 0.15) is 13.1 Å². The van der Waals surface area contributed by atoms with Crippen LogP contribution in [0.4, 0.5) is 0 Å². The SMILES string of the molecule is CC[N+]1(N)CCc2ccccc2C1. The smallest absolute Gasteiger partial charge is 0.122 e. The molecule has 2 nitrogen and oxygen atoms in total. The van der Waals surface area contributed by atoms with Crippen molar-refractivity contribution >= 4 is 0 Å². The summed E-state index contributed by atoms with van der Waals surface area (Å²) in [6.45, 7) is 5.25. The van der Waals surface area contributed by atoms with E-state index in [0.29, 0.717) is 4.59 Å². The molecule has 13 heavy (non-hydrogen) atoms. The van der Waals surface area contributed by atoms with Crippen LogP contribution in [0.3, 0.4) is 0 Å². The fourth-order valence-corrected chi connectivity index (χ4v) is 1.99. The van der Waals surface area contributed by atoms with Crippen LogP contribution in [0.15, 0.2) is 24.3 Å². The second-order valence-corrected chi connectivity index (χ2v) is 3.94. The lowest BCUT2D eigenvalue weighted by atomic mass is 9.99. The molecule has 0 radical (unpaired) electrons. The van der Waals surface area contributed by atoms with Gasteiger partial charge in [-0.2, -0.15) is 5.84 Å². The topological polar surface area (TPSA) is 26.0 Å². The summed E-state index contributed by atoms with van der Waals surface area (Å²) in [5, 5.41) is 0. The van der Waals surface area contributed by atoms with Crippen molar-refractivity contribution in [1.29, 1.82) is 0 Å². The Kier molecular flexibility index (Phi) is 2.10. The number of nitrogens with zero attached hydrogens (tertiary/aromatic N) is 1. The third-order valence-electron chi connectivity index (χ3n) is 3.06. The number of fused-ring (bicyclic) bond motifs is 1. The van der Waals surface area contributed by atoms with Gasteiger partial charge in [-0.05, 0) is 12.5 Å². The average Bonchev–Trinajstić information content (AvgIpc) is 2.18. The molecule has 1 atom stereocenters. The molecule has 2 heteroatoms. The molecule has 1 aromatic carbocycles. The molecule has 70 valence electrons. The van der Waals surface area contributed by atoms with Gasteiger partial charge in [0.25, 0.3) is 0 Å². The molecule has 1 unspecified atom stereocenters. The van der Waals surface area contributed by atoms with Gasteiger partial charge in [0.05, 0.1) is 6.54 Å². The average molecular weight is 177 g/mol. The normalized spacial score (nSPS) is 26.9. The molecule has 0 bridgehead atoms. The maximum absolute atomic E-state index is 6.21. The summed E-state index contributed by atoms with van der Waals surface area (Å²) in [4.78, 5) is 0. The minimum atomic E-state index is 0.705. The highest BCUT2D eigenvalue weighted by Crippen LogP contribution is 2.20. The first kappa shape index (κ1) is 8.73. The summed E-state index contributed by atoms with van der Waals surface area (Å²) in [5.74, 6) is 6.21. The predicted molar refractivity (Wildman–Crippen MR) is 53.7 cm³/mol. The summed E-state index contributed by atoms with van der Waals surface area (Å²) >= 11 is 0. The van der Waals surface area contributed by atoms with Crippen molar-refractivity contribution < 1.29 is 4.59 Å². The molecule has 2 rings (SSSR count). The van der Waals surface area contributed by atoms with E-state index in [1.54, 1.807) is 0 Å². The monoisotopic (exact) mass is 177 g/mol. The molecule has 2 N–H and O–H groups in total. The molecule has 1 aromatic rings. The summed E-state index contributed by atoms with van der Waals surface area (Å²) in [6, 6.07) is 8.63. The molecule has 0 fully saturated rings. The van der Waals surface area contributed by atoms with E-state index >= 15 is 0 Å². The Bertz CT molecular complexity index is 309. The van der Waals surface area contributed by atoms with Crippen molar-refractivity contribution in [2.24, 2.45) is 5.84 Å². The zero-order chi connectivity index (χ0) is 9.31. The predicted octanol–water partition coefficient (Wildman–Crippen LogP) is 1.45. The maximum Gasteiger partial charge on any atom is 0.122 e. The molecule has 0 saturated heterocycles. The Morgan fingerprint density at radius 2 is 2.00 bits per heavy atom. The highest BCUT2D eigenvalue weighted by atomic mass is 15.6. The second-order valence-electron chi connectivity index (χ2n) is 3.94. The van der Waals surface area contributed by atoms with Gasteiger partial charge >= 0.3 is 0 Å². The minimum absolute atomic E-state index is 0.705. The number of quaternary nitrogens is 1. The molecule has 0 spiro atoms. The van der Waals surface area contributed by atoms with Crippen molar-refractivity contribution in [3.63, 3.8) is 0 Å². The molecular weight excluding hydrogens is 160 g/mol. The highest BCUT2D eigenvalue weighted by molar-refractivity contribution is 5.27. The van der Waals surface area contributed by atoms with Gasteiger partial charge in [-0.3, -0.25) is 0 Å². The summed E-state index contributed by atoms with van der Waals surface area (Å²) in [7, 11) is 0. The summed E-state index contributed by atoms with van der Waals surface area (Å²) in [5.41, 5.74) is 2.91. The van der Waals surface area contributed by atoms with Crippen LogP contribution in [-0.2, 0) is 13.0 Å². The first-order valence-electron chi connectivity index (χ1n) is 4.95. The molecule has 0 aliphatic carbocycles. The maximum atomic E-state index is 6.21. The van der Waals surface area contributed by atoms with Crippen LogP contribution < -0.4 is 5.84 Å². The number of hydrogen-bond acceptors (Lipinski definition) is 1. The molecule has 1 heterocycles. The van der Waals surface area contributed by atoms with Crippen LogP contribution >= 0.6 is 0 Å². The van der Waals surface area contributed by atoms with Gasteiger partial charge in [-0.15, -0.1) is 0 Å². The lowest BCUT2D eigenvalue weighted by Gasteiger charge is -2.36. The van der Waals surface area contributed by atoms with Crippen LogP contribution in [0, 0.1) is 0 Å². The number of hydrogen-bond donors (Lipinski definition) is 1. The van der Waals surface area contributed by atoms with Crippen LogP contribution in [0.5, 0.6) is 0 Å². The Labute approximate surface area is 79.5 Å². The molecule has 0 aromatic heterocycles. The van der Waals surface area contributed by atoms with E-state index in [1.165, 1.54) is 11.1 Å². The van der Waals surface area contributed by atoms with Crippen molar-refractivity contribution in [2.75, 3.05) is 13.1 Å². The Balaban J connectivity index is 2.29. The first-order chi connectivity index (χ1) is 6.23. The van der Waals surface area contributed by atoms with E-state index in [4.69, 9.17) is 5.84 Å². The molecule has 1 aliphatic rings. The van der Waals surface area contributed by atoms with Crippen molar-refractivity contribution in [3.8, 4) is 0 Å². The zero-order valence-corrected chi connectivity index (χ0v) is 8.16. The largest absolute Gasteiger partial charge is 0.244 e. The number of benzene rings is 1. The molecule has 0 saturated carbocycles. The molecule has 0 amide bonds. The van der Waals surface area contributed by atoms with Gasteiger partial charge in [-0.1, -0.05) is 24.3 Å². The quantitative estimate of drug-likeness (QED) is 0.510. The van der Waals surface area contributed by atoms with Crippen molar-refractivity contribution in [3.05, 3.63) is 35.4 Å². The zero-order valence-electron chi connectivity index (χ0n) is 8.16. The van der Waals surface area contributed by atoms with E-state index < -0.39 is 0 Å². The van der Waals surface area contributed by atoms with E-state index in [9.17, 15) is 0 Å². The number of likely N-dealkylation sites (N-methyl/N-ethyl adjacent to an activating group) is 1. The van der Waals surface area contributed by atoms with Crippen LogP contribution in [0.25, 0.3) is 0 Å². The minimum Gasteiger partial charge on any atom is -0.244 e. The lowest BCUT2D eigenvalue weighted by molar-refractivity contribution is -0.952. The van der Waals surface area contributed by atoms with Gasteiger partial charge in [-0.25, -0.2) is 4.59 Å². The summed E-state index contributed by atoms with van der Waals surface area (Å²) in [6.07, 6.45) is 1.13. The second kappa shape index (κ2) is 3.13. The molecule has 1 aliphatic heterocycles. The summed E-state index contributed by atoms with van der Waals surface area (Å²) < 4.78 is 0.705.